The zero-order chi connectivity index (χ0) is 12.4. The number of nitrogens with zero attached hydrogens (tertiary/aromatic N) is 1. The van der Waals surface area contributed by atoms with Gasteiger partial charge < -0.3 is 5.32 Å². The molecule has 17 heavy (non-hydrogen) atoms. The molecule has 0 spiro atoms. The number of aryl methyl sites for hydroxylation is 2. The molecule has 1 saturated carbocycles. The Morgan fingerprint density at radius 2 is 2.24 bits per heavy atom. The van der Waals surface area contributed by atoms with E-state index in [-0.39, 0.29) is 5.91 Å². The molecule has 1 aromatic rings. The second-order valence-electron chi connectivity index (χ2n) is 4.65. The zero-order valence-corrected chi connectivity index (χ0v) is 11.8. The molecular formula is C13H17BrN2O. The number of halogens is 1. The van der Waals surface area contributed by atoms with Gasteiger partial charge in [0.25, 0.3) is 5.91 Å². The summed E-state index contributed by atoms with van der Waals surface area (Å²) < 4.78 is 0. The average molecular weight is 297 g/mol. The highest BCUT2D eigenvalue weighted by molar-refractivity contribution is 9.09. The predicted octanol–water partition coefficient (Wildman–Crippen LogP) is 2.60. The van der Waals surface area contributed by atoms with E-state index >= 15 is 0 Å². The summed E-state index contributed by atoms with van der Waals surface area (Å²) in [5, 5.41) is 2.95. The number of amides is 1. The molecule has 1 aliphatic rings. The SMILES string of the molecule is Cc1ccc(C(=O)NCC(Br)C2CC2)c(C)n1. The molecule has 1 aromatic heterocycles. The maximum absolute atomic E-state index is 12.0. The summed E-state index contributed by atoms with van der Waals surface area (Å²) in [6.45, 7) is 4.49. The Hall–Kier alpha value is -0.900. The minimum absolute atomic E-state index is 0.0277. The highest BCUT2D eigenvalue weighted by Crippen LogP contribution is 2.36. The lowest BCUT2D eigenvalue weighted by atomic mass is 10.1. The van der Waals surface area contributed by atoms with Crippen LogP contribution in [0.2, 0.25) is 0 Å². The molecule has 0 radical (unpaired) electrons. The first-order valence-electron chi connectivity index (χ1n) is 5.94. The molecule has 0 saturated heterocycles. The summed E-state index contributed by atoms with van der Waals surface area (Å²) in [4.78, 5) is 16.7. The van der Waals surface area contributed by atoms with Gasteiger partial charge in [-0.3, -0.25) is 9.78 Å². The third-order valence-corrected chi connectivity index (χ3v) is 4.13. The van der Waals surface area contributed by atoms with E-state index in [0.717, 1.165) is 17.3 Å². The van der Waals surface area contributed by atoms with Crippen LogP contribution in [0.4, 0.5) is 0 Å². The lowest BCUT2D eigenvalue weighted by Gasteiger charge is -2.11. The van der Waals surface area contributed by atoms with Crippen molar-refractivity contribution in [3.05, 3.63) is 29.1 Å². The maximum Gasteiger partial charge on any atom is 0.253 e. The van der Waals surface area contributed by atoms with Crippen LogP contribution in [0.3, 0.4) is 0 Å². The van der Waals surface area contributed by atoms with E-state index in [1.165, 1.54) is 12.8 Å². The second kappa shape index (κ2) is 5.17. The summed E-state index contributed by atoms with van der Waals surface area (Å²) >= 11 is 3.61. The van der Waals surface area contributed by atoms with Crippen LogP contribution in [-0.2, 0) is 0 Å². The van der Waals surface area contributed by atoms with Gasteiger partial charge in [0.15, 0.2) is 0 Å². The van der Waals surface area contributed by atoms with Crippen molar-refractivity contribution in [3.63, 3.8) is 0 Å². The second-order valence-corrected chi connectivity index (χ2v) is 5.83. The van der Waals surface area contributed by atoms with E-state index in [9.17, 15) is 4.79 Å². The minimum atomic E-state index is -0.0277. The van der Waals surface area contributed by atoms with Gasteiger partial charge in [-0.15, -0.1) is 0 Å². The molecule has 0 aromatic carbocycles. The van der Waals surface area contributed by atoms with Crippen LogP contribution in [0.5, 0.6) is 0 Å². The fourth-order valence-corrected chi connectivity index (χ4v) is 2.53. The van der Waals surface area contributed by atoms with Crippen molar-refractivity contribution < 1.29 is 4.79 Å². The normalized spacial score (nSPS) is 16.6. The first kappa shape index (κ1) is 12.6. The highest BCUT2D eigenvalue weighted by Gasteiger charge is 2.29. The summed E-state index contributed by atoms with van der Waals surface area (Å²) in [6, 6.07) is 3.71. The predicted molar refractivity (Wildman–Crippen MR) is 71.5 cm³/mol. The summed E-state index contributed by atoms with van der Waals surface area (Å²) in [5.74, 6) is 0.715. The van der Waals surface area contributed by atoms with Crippen LogP contribution < -0.4 is 5.32 Å². The Labute approximate surface area is 110 Å². The number of nitrogens with one attached hydrogen (secondary N) is 1. The molecule has 1 heterocycles. The van der Waals surface area contributed by atoms with Crippen molar-refractivity contribution in [2.45, 2.75) is 31.5 Å². The third-order valence-electron chi connectivity index (χ3n) is 3.06. The van der Waals surface area contributed by atoms with E-state index in [4.69, 9.17) is 0 Å². The molecule has 1 N–H and O–H groups in total. The van der Waals surface area contributed by atoms with Crippen LogP contribution in [0.15, 0.2) is 12.1 Å². The molecule has 0 aliphatic heterocycles. The lowest BCUT2D eigenvalue weighted by molar-refractivity contribution is 0.0952. The van der Waals surface area contributed by atoms with Gasteiger partial charge in [-0.05, 0) is 44.7 Å². The Morgan fingerprint density at radius 1 is 1.53 bits per heavy atom. The maximum atomic E-state index is 12.0. The van der Waals surface area contributed by atoms with E-state index < -0.39 is 0 Å². The molecule has 1 unspecified atom stereocenters. The Morgan fingerprint density at radius 3 is 2.82 bits per heavy atom. The Kier molecular flexibility index (Phi) is 3.82. The molecule has 3 nitrogen and oxygen atoms in total. The number of pyridine rings is 1. The van der Waals surface area contributed by atoms with Crippen molar-refractivity contribution in [1.82, 2.24) is 10.3 Å². The van der Waals surface area contributed by atoms with Crippen molar-refractivity contribution in [1.29, 1.82) is 0 Å². The van der Waals surface area contributed by atoms with Gasteiger partial charge in [0.2, 0.25) is 0 Å². The van der Waals surface area contributed by atoms with Gasteiger partial charge >= 0.3 is 0 Å². The molecule has 1 amide bonds. The van der Waals surface area contributed by atoms with Crippen molar-refractivity contribution in [2.24, 2.45) is 5.92 Å². The average Bonchev–Trinajstić information content (AvgIpc) is 3.09. The molecule has 92 valence electrons. The molecule has 1 aliphatic carbocycles. The van der Waals surface area contributed by atoms with Gasteiger partial charge in [0.1, 0.15) is 0 Å². The lowest BCUT2D eigenvalue weighted by Crippen LogP contribution is -2.31. The first-order valence-corrected chi connectivity index (χ1v) is 6.86. The van der Waals surface area contributed by atoms with E-state index in [2.05, 4.69) is 26.2 Å². The number of hydrogen-bond donors (Lipinski definition) is 1. The zero-order valence-electron chi connectivity index (χ0n) is 10.2. The third kappa shape index (κ3) is 3.28. The van der Waals surface area contributed by atoms with Gasteiger partial charge in [0.05, 0.1) is 11.3 Å². The van der Waals surface area contributed by atoms with Crippen LogP contribution >= 0.6 is 15.9 Å². The van der Waals surface area contributed by atoms with Crippen molar-refractivity contribution in [3.8, 4) is 0 Å². The molecule has 1 atom stereocenters. The van der Waals surface area contributed by atoms with Crippen molar-refractivity contribution in [2.75, 3.05) is 6.54 Å². The van der Waals surface area contributed by atoms with Gasteiger partial charge in [-0.1, -0.05) is 15.9 Å². The number of alkyl halides is 1. The fourth-order valence-electron chi connectivity index (χ4n) is 1.84. The summed E-state index contributed by atoms with van der Waals surface area (Å²) in [7, 11) is 0. The van der Waals surface area contributed by atoms with Gasteiger partial charge in [-0.2, -0.15) is 0 Å². The monoisotopic (exact) mass is 296 g/mol. The fraction of sp³-hybridized carbons (Fsp3) is 0.538. The van der Waals surface area contributed by atoms with Crippen LogP contribution in [-0.4, -0.2) is 22.3 Å². The van der Waals surface area contributed by atoms with E-state index in [0.29, 0.717) is 16.9 Å². The standard InChI is InChI=1S/C13H17BrN2O/c1-8-3-6-11(9(2)16-8)13(17)15-7-12(14)10-4-5-10/h3,6,10,12H,4-5,7H2,1-2H3,(H,15,17). The topological polar surface area (TPSA) is 42.0 Å². The number of aromatic nitrogens is 1. The molecule has 2 rings (SSSR count). The van der Waals surface area contributed by atoms with Crippen LogP contribution in [0.1, 0.15) is 34.6 Å². The minimum Gasteiger partial charge on any atom is -0.351 e. The number of carbonyl (C=O) groups is 1. The van der Waals surface area contributed by atoms with E-state index in [1.54, 1.807) is 0 Å². The van der Waals surface area contributed by atoms with E-state index in [1.807, 2.05) is 26.0 Å². The molecule has 1 fully saturated rings. The highest BCUT2D eigenvalue weighted by atomic mass is 79.9. The smallest absolute Gasteiger partial charge is 0.253 e. The molecular weight excluding hydrogens is 280 g/mol. The largest absolute Gasteiger partial charge is 0.351 e. The number of hydrogen-bond acceptors (Lipinski definition) is 2. The summed E-state index contributed by atoms with van der Waals surface area (Å²) in [6.07, 6.45) is 2.55. The Balaban J connectivity index is 1.94. The van der Waals surface area contributed by atoms with Crippen LogP contribution in [0.25, 0.3) is 0 Å². The van der Waals surface area contributed by atoms with Gasteiger partial charge in [0, 0.05) is 17.1 Å². The van der Waals surface area contributed by atoms with Gasteiger partial charge in [-0.25, -0.2) is 0 Å². The number of rotatable bonds is 4. The molecule has 4 heteroatoms. The van der Waals surface area contributed by atoms with Crippen molar-refractivity contribution >= 4 is 21.8 Å². The summed E-state index contributed by atoms with van der Waals surface area (Å²) in [5.41, 5.74) is 2.40. The number of carbonyl (C=O) groups excluding carboxylic acids is 1. The van der Waals surface area contributed by atoms with Crippen LogP contribution in [0, 0.1) is 19.8 Å². The first-order chi connectivity index (χ1) is 8.08. The molecule has 0 bridgehead atoms. The Bertz CT molecular complexity index is 429. The quantitative estimate of drug-likeness (QED) is 0.868.